The lowest BCUT2D eigenvalue weighted by Gasteiger charge is -2.19. The van der Waals surface area contributed by atoms with Crippen LogP contribution in [0.25, 0.3) is 16.8 Å². The lowest BCUT2D eigenvalue weighted by molar-refractivity contribution is 1.25. The maximum Gasteiger partial charge on any atom is 0.0600 e. The molecule has 0 N–H and O–H groups in total. The third-order valence-electron chi connectivity index (χ3n) is 3.50. The van der Waals surface area contributed by atoms with E-state index in [1.807, 2.05) is 0 Å². The molecule has 80 valence electrons. The molecule has 0 spiro atoms. The maximum absolute atomic E-state index is 2.44. The van der Waals surface area contributed by atoms with E-state index >= 15 is 0 Å². The number of hydrogen-bond acceptors (Lipinski definition) is 0. The highest BCUT2D eigenvalue weighted by Crippen LogP contribution is 2.31. The highest BCUT2D eigenvalue weighted by Gasteiger charge is 2.15. The summed E-state index contributed by atoms with van der Waals surface area (Å²) in [5.41, 5.74) is 2.95. The normalized spacial score (nSPS) is 14.3. The molecular formula is C15H16Si. The van der Waals surface area contributed by atoms with Crippen molar-refractivity contribution in [1.82, 2.24) is 0 Å². The number of hydrogen-bond donors (Lipinski definition) is 0. The molecule has 0 amide bonds. The summed E-state index contributed by atoms with van der Waals surface area (Å²) in [6.45, 7) is 4.83. The molecule has 0 nitrogen and oxygen atoms in total. The molecule has 2 aromatic rings. The van der Waals surface area contributed by atoms with Crippen LogP contribution in [0.1, 0.15) is 11.1 Å². The SMILES string of the molecule is C[SiH](C)C1=Cc2cccc3cccc(c23)C1. The summed E-state index contributed by atoms with van der Waals surface area (Å²) in [7, 11) is -0.659. The van der Waals surface area contributed by atoms with Gasteiger partial charge in [0.25, 0.3) is 0 Å². The van der Waals surface area contributed by atoms with Crippen LogP contribution in [0.2, 0.25) is 13.1 Å². The number of allylic oxidation sites excluding steroid dienone is 1. The largest absolute Gasteiger partial charge is 0.0797 e. The Morgan fingerprint density at radius 1 is 1.00 bits per heavy atom. The van der Waals surface area contributed by atoms with Gasteiger partial charge >= 0.3 is 0 Å². The molecule has 0 unspecified atom stereocenters. The Morgan fingerprint density at radius 3 is 2.50 bits per heavy atom. The van der Waals surface area contributed by atoms with Gasteiger partial charge in [-0.3, -0.25) is 0 Å². The van der Waals surface area contributed by atoms with Gasteiger partial charge in [0.2, 0.25) is 0 Å². The molecule has 0 heterocycles. The fraction of sp³-hybridized carbons (Fsp3) is 0.200. The summed E-state index contributed by atoms with van der Waals surface area (Å²) in [4.78, 5) is 0. The van der Waals surface area contributed by atoms with Gasteiger partial charge in [-0.15, -0.1) is 0 Å². The third kappa shape index (κ3) is 1.43. The zero-order valence-electron chi connectivity index (χ0n) is 9.83. The van der Waals surface area contributed by atoms with Gasteiger partial charge in [-0.2, -0.15) is 0 Å². The zero-order chi connectivity index (χ0) is 11.1. The predicted octanol–water partition coefficient (Wildman–Crippen LogP) is 3.81. The van der Waals surface area contributed by atoms with Gasteiger partial charge in [0.1, 0.15) is 0 Å². The van der Waals surface area contributed by atoms with Crippen molar-refractivity contribution in [1.29, 1.82) is 0 Å². The van der Waals surface area contributed by atoms with Gasteiger partial charge in [-0.05, 0) is 28.3 Å². The van der Waals surface area contributed by atoms with Crippen LogP contribution >= 0.6 is 0 Å². The number of rotatable bonds is 1. The molecule has 1 aliphatic rings. The second-order valence-corrected chi connectivity index (χ2v) is 7.96. The van der Waals surface area contributed by atoms with Crippen LogP contribution in [0.3, 0.4) is 0 Å². The Hall–Kier alpha value is -1.34. The Morgan fingerprint density at radius 2 is 1.75 bits per heavy atom. The summed E-state index contributed by atoms with van der Waals surface area (Å²) < 4.78 is 0. The van der Waals surface area contributed by atoms with Crippen molar-refractivity contribution in [2.45, 2.75) is 19.5 Å². The van der Waals surface area contributed by atoms with Crippen molar-refractivity contribution >= 4 is 25.6 Å². The summed E-state index contributed by atoms with van der Waals surface area (Å²) >= 11 is 0. The van der Waals surface area contributed by atoms with Gasteiger partial charge in [0.05, 0.1) is 8.80 Å². The van der Waals surface area contributed by atoms with E-state index in [1.54, 1.807) is 5.20 Å². The van der Waals surface area contributed by atoms with Crippen LogP contribution < -0.4 is 0 Å². The number of benzene rings is 2. The average molecular weight is 224 g/mol. The van der Waals surface area contributed by atoms with E-state index in [0.717, 1.165) is 0 Å². The van der Waals surface area contributed by atoms with Crippen LogP contribution in [0.15, 0.2) is 41.6 Å². The summed E-state index contributed by atoms with van der Waals surface area (Å²) in [6, 6.07) is 13.3. The van der Waals surface area contributed by atoms with Crippen molar-refractivity contribution in [2.75, 3.05) is 0 Å². The van der Waals surface area contributed by atoms with Crippen molar-refractivity contribution in [3.05, 3.63) is 52.7 Å². The van der Waals surface area contributed by atoms with E-state index in [0.29, 0.717) is 0 Å². The fourth-order valence-electron chi connectivity index (χ4n) is 2.56. The van der Waals surface area contributed by atoms with E-state index in [9.17, 15) is 0 Å². The Bertz CT molecular complexity index is 574. The first kappa shape index (κ1) is 9.85. The molecule has 0 saturated heterocycles. The predicted molar refractivity (Wildman–Crippen MR) is 74.5 cm³/mol. The Balaban J connectivity index is 2.32. The molecule has 2 aromatic carbocycles. The van der Waals surface area contributed by atoms with E-state index in [4.69, 9.17) is 0 Å². The minimum absolute atomic E-state index is 0.659. The van der Waals surface area contributed by atoms with Crippen molar-refractivity contribution in [3.8, 4) is 0 Å². The van der Waals surface area contributed by atoms with E-state index in [1.165, 1.54) is 28.3 Å². The summed E-state index contributed by atoms with van der Waals surface area (Å²) in [6.07, 6.45) is 3.62. The minimum atomic E-state index is -0.659. The first-order chi connectivity index (χ1) is 7.75. The first-order valence-corrected chi connectivity index (χ1v) is 8.85. The standard InChI is InChI=1S/C15H16Si/c1-16(2)14-9-12-7-3-5-11-6-4-8-13(10-14)15(11)12/h3-9,16H,10H2,1-2H3. The van der Waals surface area contributed by atoms with Gasteiger partial charge in [0, 0.05) is 0 Å². The second kappa shape index (κ2) is 3.60. The molecule has 3 rings (SSSR count). The second-order valence-electron chi connectivity index (χ2n) is 4.91. The highest BCUT2D eigenvalue weighted by molar-refractivity contribution is 6.65. The van der Waals surface area contributed by atoms with E-state index in [-0.39, 0.29) is 0 Å². The van der Waals surface area contributed by atoms with Gasteiger partial charge in [-0.25, -0.2) is 0 Å². The maximum atomic E-state index is 2.44. The molecule has 0 fully saturated rings. The van der Waals surface area contributed by atoms with E-state index in [2.05, 4.69) is 55.6 Å². The average Bonchev–Trinajstić information content (AvgIpc) is 2.29. The van der Waals surface area contributed by atoms with Crippen molar-refractivity contribution in [3.63, 3.8) is 0 Å². The quantitative estimate of drug-likeness (QED) is 0.646. The van der Waals surface area contributed by atoms with Crippen LogP contribution in [-0.4, -0.2) is 8.80 Å². The Kier molecular flexibility index (Phi) is 2.22. The summed E-state index contributed by atoms with van der Waals surface area (Å²) in [5, 5.41) is 4.55. The molecule has 0 saturated carbocycles. The molecular weight excluding hydrogens is 208 g/mol. The fourth-order valence-corrected chi connectivity index (χ4v) is 3.70. The topological polar surface area (TPSA) is 0 Å². The molecule has 0 radical (unpaired) electrons. The smallest absolute Gasteiger partial charge is 0.0600 e. The molecule has 0 aliphatic heterocycles. The monoisotopic (exact) mass is 224 g/mol. The minimum Gasteiger partial charge on any atom is -0.0797 e. The first-order valence-electron chi connectivity index (χ1n) is 5.97. The third-order valence-corrected chi connectivity index (χ3v) is 5.35. The van der Waals surface area contributed by atoms with Gasteiger partial charge in [0.15, 0.2) is 0 Å². The molecule has 16 heavy (non-hydrogen) atoms. The lowest BCUT2D eigenvalue weighted by atomic mass is 9.93. The molecule has 0 atom stereocenters. The van der Waals surface area contributed by atoms with Crippen LogP contribution in [0.5, 0.6) is 0 Å². The van der Waals surface area contributed by atoms with Gasteiger partial charge in [-0.1, -0.05) is 60.8 Å². The lowest BCUT2D eigenvalue weighted by Crippen LogP contribution is -2.11. The van der Waals surface area contributed by atoms with Crippen molar-refractivity contribution in [2.24, 2.45) is 0 Å². The summed E-state index contributed by atoms with van der Waals surface area (Å²) in [5.74, 6) is 0. The van der Waals surface area contributed by atoms with E-state index < -0.39 is 8.80 Å². The Labute approximate surface area is 98.2 Å². The highest BCUT2D eigenvalue weighted by atomic mass is 28.3. The molecule has 0 bridgehead atoms. The molecule has 1 heteroatoms. The van der Waals surface area contributed by atoms with Crippen molar-refractivity contribution < 1.29 is 0 Å². The molecule has 1 aliphatic carbocycles. The van der Waals surface area contributed by atoms with Crippen LogP contribution in [0.4, 0.5) is 0 Å². The molecule has 0 aromatic heterocycles. The van der Waals surface area contributed by atoms with Crippen LogP contribution in [0, 0.1) is 0 Å². The zero-order valence-corrected chi connectivity index (χ0v) is 11.0. The van der Waals surface area contributed by atoms with Gasteiger partial charge < -0.3 is 0 Å². The van der Waals surface area contributed by atoms with Crippen LogP contribution in [-0.2, 0) is 6.42 Å².